The molecule has 0 aliphatic carbocycles. The first-order valence-corrected chi connectivity index (χ1v) is 6.49. The van der Waals surface area contributed by atoms with Gasteiger partial charge in [-0.15, -0.1) is 0 Å². The molecule has 0 saturated carbocycles. The minimum absolute atomic E-state index is 0.109. The summed E-state index contributed by atoms with van der Waals surface area (Å²) in [7, 11) is 0. The predicted octanol–water partition coefficient (Wildman–Crippen LogP) is 2.62. The van der Waals surface area contributed by atoms with Gasteiger partial charge in [-0.2, -0.15) is 0 Å². The highest BCUT2D eigenvalue weighted by Crippen LogP contribution is 2.16. The van der Waals surface area contributed by atoms with E-state index in [0.717, 1.165) is 5.56 Å². The summed E-state index contributed by atoms with van der Waals surface area (Å²) in [5, 5.41) is 5.06. The molecule has 0 aromatic heterocycles. The van der Waals surface area contributed by atoms with Crippen LogP contribution < -0.4 is 10.6 Å². The highest BCUT2D eigenvalue weighted by atomic mass is 19.1. The Bertz CT molecular complexity index is 521. The molecular formula is C15H21FN2O2. The predicted molar refractivity (Wildman–Crippen MR) is 76.8 cm³/mol. The van der Waals surface area contributed by atoms with Gasteiger partial charge in [0, 0.05) is 5.41 Å². The molecule has 0 fully saturated rings. The lowest BCUT2D eigenvalue weighted by atomic mass is 9.95. The molecule has 0 aliphatic rings. The second-order valence-electron chi connectivity index (χ2n) is 5.92. The standard InChI is InChI=1S/C15H21FN2O2/c1-9-6-7-12(11(16)8-9)18-13(19)10(2)17-14(20)15(3,4)5/h6-8,10H,1-5H3,(H,17,20)(H,18,19)/t10-/m1/s1. The summed E-state index contributed by atoms with van der Waals surface area (Å²) in [6, 6.07) is 3.81. The molecule has 0 bridgehead atoms. The summed E-state index contributed by atoms with van der Waals surface area (Å²) in [4.78, 5) is 23.7. The number of hydrogen-bond acceptors (Lipinski definition) is 2. The van der Waals surface area contributed by atoms with Crippen molar-refractivity contribution in [1.29, 1.82) is 0 Å². The quantitative estimate of drug-likeness (QED) is 0.894. The van der Waals surface area contributed by atoms with Crippen molar-refractivity contribution >= 4 is 17.5 Å². The van der Waals surface area contributed by atoms with Crippen molar-refractivity contribution in [3.8, 4) is 0 Å². The molecule has 1 rings (SSSR count). The van der Waals surface area contributed by atoms with Crippen LogP contribution in [0.5, 0.6) is 0 Å². The van der Waals surface area contributed by atoms with E-state index in [1.165, 1.54) is 12.1 Å². The van der Waals surface area contributed by atoms with E-state index in [4.69, 9.17) is 0 Å². The van der Waals surface area contributed by atoms with Crippen LogP contribution in [0.15, 0.2) is 18.2 Å². The van der Waals surface area contributed by atoms with Crippen LogP contribution in [-0.4, -0.2) is 17.9 Å². The van der Waals surface area contributed by atoms with E-state index in [0.29, 0.717) is 0 Å². The van der Waals surface area contributed by atoms with E-state index >= 15 is 0 Å². The summed E-state index contributed by atoms with van der Waals surface area (Å²) >= 11 is 0. The minimum Gasteiger partial charge on any atom is -0.344 e. The number of aryl methyl sites for hydroxylation is 1. The third kappa shape index (κ3) is 4.33. The lowest BCUT2D eigenvalue weighted by Gasteiger charge is -2.21. The lowest BCUT2D eigenvalue weighted by molar-refractivity contribution is -0.131. The number of anilines is 1. The Labute approximate surface area is 118 Å². The van der Waals surface area contributed by atoms with Gasteiger partial charge in [-0.25, -0.2) is 4.39 Å². The monoisotopic (exact) mass is 280 g/mol. The van der Waals surface area contributed by atoms with Gasteiger partial charge >= 0.3 is 0 Å². The summed E-state index contributed by atoms with van der Waals surface area (Å²) in [6.07, 6.45) is 0. The maximum Gasteiger partial charge on any atom is 0.246 e. The van der Waals surface area contributed by atoms with Crippen molar-refractivity contribution in [3.63, 3.8) is 0 Å². The number of amides is 2. The largest absolute Gasteiger partial charge is 0.344 e. The van der Waals surface area contributed by atoms with Crippen LogP contribution in [0.4, 0.5) is 10.1 Å². The summed E-state index contributed by atoms with van der Waals surface area (Å²) < 4.78 is 13.6. The van der Waals surface area contributed by atoms with Gasteiger partial charge in [-0.3, -0.25) is 9.59 Å². The van der Waals surface area contributed by atoms with Gasteiger partial charge in [-0.05, 0) is 31.5 Å². The molecule has 2 N–H and O–H groups in total. The Kier molecular flexibility index (Phi) is 4.87. The first kappa shape index (κ1) is 16.1. The summed E-state index contributed by atoms with van der Waals surface area (Å²) in [5.41, 5.74) is 0.302. The van der Waals surface area contributed by atoms with E-state index < -0.39 is 23.2 Å². The second-order valence-corrected chi connectivity index (χ2v) is 5.92. The number of halogens is 1. The molecule has 5 heteroatoms. The Morgan fingerprint density at radius 2 is 1.85 bits per heavy atom. The maximum atomic E-state index is 13.6. The average Bonchev–Trinajstić information content (AvgIpc) is 2.31. The van der Waals surface area contributed by atoms with Crippen LogP contribution in [0.1, 0.15) is 33.3 Å². The zero-order valence-electron chi connectivity index (χ0n) is 12.5. The van der Waals surface area contributed by atoms with Crippen molar-refractivity contribution in [2.24, 2.45) is 5.41 Å². The molecule has 1 aromatic rings. The summed E-state index contributed by atoms with van der Waals surface area (Å²) in [5.74, 6) is -1.18. The van der Waals surface area contributed by atoms with Gasteiger partial charge in [0.2, 0.25) is 11.8 Å². The fraction of sp³-hybridized carbons (Fsp3) is 0.467. The molecule has 110 valence electrons. The highest BCUT2D eigenvalue weighted by molar-refractivity contribution is 5.97. The van der Waals surface area contributed by atoms with Crippen molar-refractivity contribution in [1.82, 2.24) is 5.32 Å². The molecule has 0 heterocycles. The van der Waals surface area contributed by atoms with E-state index in [2.05, 4.69) is 10.6 Å². The van der Waals surface area contributed by atoms with Crippen LogP contribution in [0.25, 0.3) is 0 Å². The fourth-order valence-corrected chi connectivity index (χ4v) is 1.44. The number of carbonyl (C=O) groups is 2. The molecule has 0 aliphatic heterocycles. The molecule has 0 saturated heterocycles. The Balaban J connectivity index is 2.69. The first-order chi connectivity index (χ1) is 9.11. The van der Waals surface area contributed by atoms with Crippen LogP contribution >= 0.6 is 0 Å². The Morgan fingerprint density at radius 3 is 2.35 bits per heavy atom. The topological polar surface area (TPSA) is 58.2 Å². The molecule has 0 spiro atoms. The zero-order chi connectivity index (χ0) is 15.5. The Morgan fingerprint density at radius 1 is 1.25 bits per heavy atom. The SMILES string of the molecule is Cc1ccc(NC(=O)[C@@H](C)NC(=O)C(C)(C)C)c(F)c1. The zero-order valence-corrected chi connectivity index (χ0v) is 12.5. The number of nitrogens with one attached hydrogen (secondary N) is 2. The van der Waals surface area contributed by atoms with Gasteiger partial charge < -0.3 is 10.6 Å². The van der Waals surface area contributed by atoms with Crippen LogP contribution in [-0.2, 0) is 9.59 Å². The average molecular weight is 280 g/mol. The first-order valence-electron chi connectivity index (χ1n) is 6.49. The van der Waals surface area contributed by atoms with Crippen LogP contribution in [0.2, 0.25) is 0 Å². The normalized spacial score (nSPS) is 12.7. The molecule has 20 heavy (non-hydrogen) atoms. The van der Waals surface area contributed by atoms with Crippen molar-refractivity contribution in [2.75, 3.05) is 5.32 Å². The van der Waals surface area contributed by atoms with Crippen molar-refractivity contribution in [3.05, 3.63) is 29.6 Å². The second kappa shape index (κ2) is 6.03. The lowest BCUT2D eigenvalue weighted by Crippen LogP contribution is -2.46. The van der Waals surface area contributed by atoms with Crippen molar-refractivity contribution < 1.29 is 14.0 Å². The maximum absolute atomic E-state index is 13.6. The third-order valence-electron chi connectivity index (χ3n) is 2.80. The highest BCUT2D eigenvalue weighted by Gasteiger charge is 2.25. The smallest absolute Gasteiger partial charge is 0.246 e. The summed E-state index contributed by atoms with van der Waals surface area (Å²) in [6.45, 7) is 8.59. The number of carbonyl (C=O) groups excluding carboxylic acids is 2. The molecular weight excluding hydrogens is 259 g/mol. The Hall–Kier alpha value is -1.91. The minimum atomic E-state index is -0.734. The van der Waals surface area contributed by atoms with E-state index in [1.54, 1.807) is 40.7 Å². The van der Waals surface area contributed by atoms with E-state index in [9.17, 15) is 14.0 Å². The number of benzene rings is 1. The van der Waals surface area contributed by atoms with Gasteiger partial charge in [0.15, 0.2) is 0 Å². The van der Waals surface area contributed by atoms with Gasteiger partial charge in [0.05, 0.1) is 5.69 Å². The van der Waals surface area contributed by atoms with Gasteiger partial charge in [0.25, 0.3) is 0 Å². The number of rotatable bonds is 3. The fourth-order valence-electron chi connectivity index (χ4n) is 1.44. The van der Waals surface area contributed by atoms with E-state index in [-0.39, 0.29) is 11.6 Å². The van der Waals surface area contributed by atoms with Gasteiger partial charge in [0.1, 0.15) is 11.9 Å². The number of hydrogen-bond donors (Lipinski definition) is 2. The van der Waals surface area contributed by atoms with Gasteiger partial charge in [-0.1, -0.05) is 26.8 Å². The van der Waals surface area contributed by atoms with E-state index in [1.807, 2.05) is 0 Å². The van der Waals surface area contributed by atoms with Crippen molar-refractivity contribution in [2.45, 2.75) is 40.7 Å². The molecule has 1 atom stereocenters. The molecule has 1 aromatic carbocycles. The van der Waals surface area contributed by atoms with Crippen LogP contribution in [0, 0.1) is 18.2 Å². The van der Waals surface area contributed by atoms with Crippen LogP contribution in [0.3, 0.4) is 0 Å². The molecule has 0 radical (unpaired) electrons. The molecule has 0 unspecified atom stereocenters. The third-order valence-corrected chi connectivity index (χ3v) is 2.80. The molecule has 4 nitrogen and oxygen atoms in total. The molecule has 2 amide bonds.